The van der Waals surface area contributed by atoms with Gasteiger partial charge in [-0.2, -0.15) is 0 Å². The second-order valence-electron chi connectivity index (χ2n) is 5.36. The van der Waals surface area contributed by atoms with Crippen molar-refractivity contribution < 1.29 is 13.2 Å². The van der Waals surface area contributed by atoms with Crippen molar-refractivity contribution in [2.45, 2.75) is 25.8 Å². The molecule has 1 fully saturated rings. The number of hydrogen-bond acceptors (Lipinski definition) is 4. The number of carbonyl (C=O) groups is 1. The molecule has 2 rings (SSSR count). The minimum absolute atomic E-state index is 0.0391. The van der Waals surface area contributed by atoms with Crippen LogP contribution in [0.25, 0.3) is 0 Å². The number of anilines is 1. The van der Waals surface area contributed by atoms with Crippen LogP contribution in [0, 0.1) is 0 Å². The monoisotopic (exact) mass is 310 g/mol. The van der Waals surface area contributed by atoms with Crippen molar-refractivity contribution in [2.75, 3.05) is 29.9 Å². The van der Waals surface area contributed by atoms with Gasteiger partial charge >= 0.3 is 0 Å². The van der Waals surface area contributed by atoms with Gasteiger partial charge in [0.05, 0.1) is 18.1 Å². The maximum atomic E-state index is 12.4. The Labute approximate surface area is 126 Å². The molecule has 1 saturated heterocycles. The number of sulfone groups is 1. The molecule has 1 aliphatic rings. The summed E-state index contributed by atoms with van der Waals surface area (Å²) in [5, 5.41) is 3.09. The van der Waals surface area contributed by atoms with Gasteiger partial charge in [-0.25, -0.2) is 8.42 Å². The third-order valence-electron chi connectivity index (χ3n) is 3.65. The Morgan fingerprint density at radius 1 is 1.33 bits per heavy atom. The third kappa shape index (κ3) is 4.46. The van der Waals surface area contributed by atoms with E-state index >= 15 is 0 Å². The Morgan fingerprint density at radius 3 is 2.62 bits per heavy atom. The SMILES string of the molecule is CCCN(C(=O)CNc1ccccc1)C1CCS(=O)(=O)C1. The smallest absolute Gasteiger partial charge is 0.242 e. The number of para-hydroxylation sites is 1. The molecule has 1 unspecified atom stereocenters. The van der Waals surface area contributed by atoms with Gasteiger partial charge in [0.15, 0.2) is 9.84 Å². The van der Waals surface area contributed by atoms with Crippen molar-refractivity contribution in [3.05, 3.63) is 30.3 Å². The molecule has 21 heavy (non-hydrogen) atoms. The molecule has 1 amide bonds. The molecule has 0 aromatic heterocycles. The van der Waals surface area contributed by atoms with Crippen LogP contribution in [0.5, 0.6) is 0 Å². The van der Waals surface area contributed by atoms with Crippen molar-refractivity contribution in [3.63, 3.8) is 0 Å². The number of rotatable bonds is 6. The van der Waals surface area contributed by atoms with Gasteiger partial charge in [0, 0.05) is 18.3 Å². The van der Waals surface area contributed by atoms with Crippen molar-refractivity contribution in [2.24, 2.45) is 0 Å². The van der Waals surface area contributed by atoms with E-state index in [9.17, 15) is 13.2 Å². The van der Waals surface area contributed by atoms with Crippen LogP contribution >= 0.6 is 0 Å². The Kier molecular flexibility index (Phi) is 5.22. The lowest BCUT2D eigenvalue weighted by atomic mass is 10.2. The molecule has 0 saturated carbocycles. The van der Waals surface area contributed by atoms with Crippen molar-refractivity contribution in [1.29, 1.82) is 0 Å². The second kappa shape index (κ2) is 6.93. The molecule has 0 bridgehead atoms. The van der Waals surface area contributed by atoms with Crippen molar-refractivity contribution in [1.82, 2.24) is 4.90 Å². The van der Waals surface area contributed by atoms with Gasteiger partial charge < -0.3 is 10.2 Å². The summed E-state index contributed by atoms with van der Waals surface area (Å²) < 4.78 is 23.2. The first-order chi connectivity index (χ1) is 10.0. The minimum Gasteiger partial charge on any atom is -0.376 e. The molecule has 1 aromatic rings. The maximum absolute atomic E-state index is 12.4. The highest BCUT2D eigenvalue weighted by Gasteiger charge is 2.33. The number of benzene rings is 1. The van der Waals surface area contributed by atoms with E-state index in [1.807, 2.05) is 37.3 Å². The van der Waals surface area contributed by atoms with Crippen molar-refractivity contribution in [3.8, 4) is 0 Å². The van der Waals surface area contributed by atoms with Gasteiger partial charge in [-0.1, -0.05) is 25.1 Å². The average molecular weight is 310 g/mol. The number of amides is 1. The van der Waals surface area contributed by atoms with E-state index in [2.05, 4.69) is 5.32 Å². The summed E-state index contributed by atoms with van der Waals surface area (Å²) in [5.41, 5.74) is 0.890. The molecular formula is C15H22N2O3S. The zero-order valence-electron chi connectivity index (χ0n) is 12.3. The van der Waals surface area contributed by atoms with Gasteiger partial charge in [-0.3, -0.25) is 4.79 Å². The standard InChI is InChI=1S/C15H22N2O3S/c1-2-9-17(14-8-10-21(19,20)12-14)15(18)11-16-13-6-4-3-5-7-13/h3-7,14,16H,2,8-12H2,1H3. The summed E-state index contributed by atoms with van der Waals surface area (Å²) in [7, 11) is -2.97. The fraction of sp³-hybridized carbons (Fsp3) is 0.533. The average Bonchev–Trinajstić information content (AvgIpc) is 2.83. The van der Waals surface area contributed by atoms with Crippen LogP contribution in [-0.4, -0.2) is 49.9 Å². The summed E-state index contributed by atoms with van der Waals surface area (Å²) in [6.07, 6.45) is 1.38. The largest absolute Gasteiger partial charge is 0.376 e. The van der Waals surface area contributed by atoms with Gasteiger partial charge in [-0.15, -0.1) is 0 Å². The zero-order valence-corrected chi connectivity index (χ0v) is 13.1. The van der Waals surface area contributed by atoms with Crippen LogP contribution in [0.4, 0.5) is 5.69 Å². The predicted octanol–water partition coefficient (Wildman–Crippen LogP) is 1.52. The van der Waals surface area contributed by atoms with Crippen LogP contribution in [0.1, 0.15) is 19.8 Å². The molecule has 0 aliphatic carbocycles. The van der Waals surface area contributed by atoms with E-state index in [1.165, 1.54) is 0 Å². The number of hydrogen-bond donors (Lipinski definition) is 1. The first kappa shape index (κ1) is 15.8. The normalized spacial score (nSPS) is 20.1. The summed E-state index contributed by atoms with van der Waals surface area (Å²) >= 11 is 0. The highest BCUT2D eigenvalue weighted by Crippen LogP contribution is 2.18. The van der Waals surface area contributed by atoms with E-state index < -0.39 is 9.84 Å². The Hall–Kier alpha value is -1.56. The summed E-state index contributed by atoms with van der Waals surface area (Å²) in [6, 6.07) is 9.36. The van der Waals surface area contributed by atoms with Crippen LogP contribution in [0.2, 0.25) is 0 Å². The first-order valence-corrected chi connectivity index (χ1v) is 9.13. The molecule has 116 valence electrons. The molecule has 0 radical (unpaired) electrons. The fourth-order valence-corrected chi connectivity index (χ4v) is 4.34. The lowest BCUT2D eigenvalue weighted by molar-refractivity contribution is -0.131. The van der Waals surface area contributed by atoms with Crippen LogP contribution in [0.3, 0.4) is 0 Å². The van der Waals surface area contributed by atoms with E-state index in [-0.39, 0.29) is 30.0 Å². The second-order valence-corrected chi connectivity index (χ2v) is 7.59. The molecular weight excluding hydrogens is 288 g/mol. The molecule has 1 heterocycles. The highest BCUT2D eigenvalue weighted by molar-refractivity contribution is 7.91. The Morgan fingerprint density at radius 2 is 2.05 bits per heavy atom. The van der Waals surface area contributed by atoms with Gasteiger partial charge in [-0.05, 0) is 25.0 Å². The topological polar surface area (TPSA) is 66.5 Å². The molecule has 1 aromatic carbocycles. The molecule has 1 atom stereocenters. The molecule has 6 heteroatoms. The number of nitrogens with one attached hydrogen (secondary N) is 1. The molecule has 5 nitrogen and oxygen atoms in total. The molecule has 0 spiro atoms. The first-order valence-electron chi connectivity index (χ1n) is 7.30. The fourth-order valence-electron chi connectivity index (χ4n) is 2.61. The maximum Gasteiger partial charge on any atom is 0.242 e. The quantitative estimate of drug-likeness (QED) is 0.865. The van der Waals surface area contributed by atoms with Crippen LogP contribution in [0.15, 0.2) is 30.3 Å². The third-order valence-corrected chi connectivity index (χ3v) is 5.40. The zero-order chi connectivity index (χ0) is 15.3. The van der Waals surface area contributed by atoms with E-state index in [0.29, 0.717) is 13.0 Å². The highest BCUT2D eigenvalue weighted by atomic mass is 32.2. The summed E-state index contributed by atoms with van der Waals surface area (Å²) in [6.45, 7) is 2.80. The minimum atomic E-state index is -2.97. The lowest BCUT2D eigenvalue weighted by Crippen LogP contribution is -2.44. The van der Waals surface area contributed by atoms with Gasteiger partial charge in [0.25, 0.3) is 0 Å². The van der Waals surface area contributed by atoms with E-state index in [0.717, 1.165) is 12.1 Å². The van der Waals surface area contributed by atoms with Gasteiger partial charge in [0.1, 0.15) is 0 Å². The van der Waals surface area contributed by atoms with E-state index in [1.54, 1.807) is 4.90 Å². The summed E-state index contributed by atoms with van der Waals surface area (Å²) in [4.78, 5) is 14.1. The Balaban J connectivity index is 1.96. The number of nitrogens with zero attached hydrogens (tertiary/aromatic N) is 1. The van der Waals surface area contributed by atoms with Crippen LogP contribution < -0.4 is 5.32 Å². The van der Waals surface area contributed by atoms with Crippen molar-refractivity contribution >= 4 is 21.4 Å². The van der Waals surface area contributed by atoms with Crippen LogP contribution in [-0.2, 0) is 14.6 Å². The molecule has 1 N–H and O–H groups in total. The predicted molar refractivity (Wildman–Crippen MR) is 84.0 cm³/mol. The summed E-state index contributed by atoms with van der Waals surface area (Å²) in [5.74, 6) is 0.254. The molecule has 1 aliphatic heterocycles. The van der Waals surface area contributed by atoms with E-state index in [4.69, 9.17) is 0 Å². The van der Waals surface area contributed by atoms with Gasteiger partial charge in [0.2, 0.25) is 5.91 Å². The number of carbonyl (C=O) groups excluding carboxylic acids is 1. The Bertz CT molecular complexity index is 572. The lowest BCUT2D eigenvalue weighted by Gasteiger charge is -2.28.